The molecule has 2 aromatic rings. The fraction of sp³-hybridized carbons (Fsp3) is 0.609. The van der Waals surface area contributed by atoms with Crippen molar-refractivity contribution in [2.45, 2.75) is 77.4 Å². The summed E-state index contributed by atoms with van der Waals surface area (Å²) in [4.78, 5) is 28.7. The Bertz CT molecular complexity index is 896. The molecule has 3 heterocycles. The van der Waals surface area contributed by atoms with Crippen LogP contribution in [0.15, 0.2) is 28.9 Å². The van der Waals surface area contributed by atoms with Gasteiger partial charge < -0.3 is 14.6 Å². The van der Waals surface area contributed by atoms with E-state index in [1.165, 1.54) is 6.42 Å². The van der Waals surface area contributed by atoms with E-state index < -0.39 is 5.54 Å². The van der Waals surface area contributed by atoms with E-state index in [0.29, 0.717) is 36.2 Å². The second-order valence-corrected chi connectivity index (χ2v) is 9.27. The molecule has 0 radical (unpaired) electrons. The van der Waals surface area contributed by atoms with Crippen LogP contribution in [0.1, 0.15) is 69.8 Å². The Kier molecular flexibility index (Phi) is 5.71. The molecule has 2 aromatic heterocycles. The van der Waals surface area contributed by atoms with Crippen molar-refractivity contribution in [1.29, 1.82) is 0 Å². The minimum Gasteiger partial charge on any atom is -0.463 e. The van der Waals surface area contributed by atoms with Crippen molar-refractivity contribution < 1.29 is 14.0 Å². The Balaban J connectivity index is 1.64. The van der Waals surface area contributed by atoms with Crippen LogP contribution in [0.25, 0.3) is 11.5 Å². The molecule has 2 amide bonds. The van der Waals surface area contributed by atoms with Crippen LogP contribution in [-0.4, -0.2) is 44.6 Å². The van der Waals surface area contributed by atoms with E-state index in [4.69, 9.17) is 4.42 Å². The summed E-state index contributed by atoms with van der Waals surface area (Å²) in [5.74, 6) is 0.835. The highest BCUT2D eigenvalue weighted by molar-refractivity contribution is 6.00. The topological polar surface area (TPSA) is 80.4 Å². The highest BCUT2D eigenvalue weighted by Gasteiger charge is 2.48. The van der Waals surface area contributed by atoms with Crippen molar-refractivity contribution >= 4 is 11.8 Å². The van der Waals surface area contributed by atoms with Gasteiger partial charge in [-0.15, -0.1) is 0 Å². The van der Waals surface area contributed by atoms with Crippen molar-refractivity contribution in [3.8, 4) is 11.5 Å². The van der Waals surface area contributed by atoms with E-state index >= 15 is 0 Å². The molecule has 4 rings (SSSR count). The summed E-state index contributed by atoms with van der Waals surface area (Å²) in [6, 6.07) is 5.58. The molecule has 1 fully saturated rings. The Morgan fingerprint density at radius 1 is 1.33 bits per heavy atom. The third kappa shape index (κ3) is 3.89. The first-order valence-electron chi connectivity index (χ1n) is 11.1. The maximum Gasteiger partial charge on any atom is 0.273 e. The zero-order valence-electron chi connectivity index (χ0n) is 18.2. The third-order valence-corrected chi connectivity index (χ3v) is 6.43. The quantitative estimate of drug-likeness (QED) is 0.781. The van der Waals surface area contributed by atoms with Gasteiger partial charge in [0.05, 0.1) is 12.8 Å². The van der Waals surface area contributed by atoms with E-state index in [9.17, 15) is 9.59 Å². The smallest absolute Gasteiger partial charge is 0.273 e. The summed E-state index contributed by atoms with van der Waals surface area (Å²) in [6.45, 7) is 7.03. The standard InChI is InChI=1S/C23H32N4O3/c1-16(2)11-12-26-21(28)19-14-18(20-10-7-13-30-20)25-27(19)15-23(26,3)22(29)24-17-8-5-4-6-9-17/h7,10,13-14,16-17H,4-6,8-9,11-12,15H2,1-3H3,(H,24,29). The van der Waals surface area contributed by atoms with Gasteiger partial charge in [0.15, 0.2) is 5.76 Å². The van der Waals surface area contributed by atoms with Crippen LogP contribution in [0.2, 0.25) is 0 Å². The third-order valence-electron chi connectivity index (χ3n) is 6.43. The zero-order chi connectivity index (χ0) is 21.3. The molecule has 2 aliphatic rings. The monoisotopic (exact) mass is 412 g/mol. The molecule has 1 aliphatic carbocycles. The lowest BCUT2D eigenvalue weighted by molar-refractivity contribution is -0.134. The average molecular weight is 413 g/mol. The van der Waals surface area contributed by atoms with E-state index in [0.717, 1.165) is 32.1 Å². The molecule has 1 unspecified atom stereocenters. The van der Waals surface area contributed by atoms with Crippen LogP contribution in [0.4, 0.5) is 0 Å². The zero-order valence-corrected chi connectivity index (χ0v) is 18.2. The van der Waals surface area contributed by atoms with E-state index in [-0.39, 0.29) is 17.9 Å². The first-order chi connectivity index (χ1) is 14.4. The van der Waals surface area contributed by atoms with Gasteiger partial charge in [-0.2, -0.15) is 5.10 Å². The fourth-order valence-corrected chi connectivity index (χ4v) is 4.51. The summed E-state index contributed by atoms with van der Waals surface area (Å²) in [5, 5.41) is 7.83. The van der Waals surface area contributed by atoms with Gasteiger partial charge in [0.2, 0.25) is 5.91 Å². The number of nitrogens with one attached hydrogen (secondary N) is 1. The second kappa shape index (κ2) is 8.28. The van der Waals surface area contributed by atoms with Crippen LogP contribution in [0.5, 0.6) is 0 Å². The number of amides is 2. The number of fused-ring (bicyclic) bond motifs is 1. The number of carbonyl (C=O) groups excluding carboxylic acids is 2. The van der Waals surface area contributed by atoms with Crippen LogP contribution in [0.3, 0.4) is 0 Å². The molecule has 0 saturated heterocycles. The van der Waals surface area contributed by atoms with Crippen molar-refractivity contribution in [2.75, 3.05) is 6.54 Å². The lowest BCUT2D eigenvalue weighted by Crippen LogP contribution is -2.65. The minimum absolute atomic E-state index is 0.0767. The maximum atomic E-state index is 13.5. The number of carbonyl (C=O) groups is 2. The summed E-state index contributed by atoms with van der Waals surface area (Å²) in [6.07, 6.45) is 7.98. The highest BCUT2D eigenvalue weighted by atomic mass is 16.3. The van der Waals surface area contributed by atoms with Crippen molar-refractivity contribution in [3.05, 3.63) is 30.2 Å². The Hall–Kier alpha value is -2.57. The molecule has 0 spiro atoms. The average Bonchev–Trinajstić information content (AvgIpc) is 3.38. The molecule has 30 heavy (non-hydrogen) atoms. The first-order valence-corrected chi connectivity index (χ1v) is 11.1. The molecule has 7 nitrogen and oxygen atoms in total. The molecule has 7 heteroatoms. The van der Waals surface area contributed by atoms with Crippen LogP contribution < -0.4 is 5.32 Å². The Morgan fingerprint density at radius 3 is 2.77 bits per heavy atom. The van der Waals surface area contributed by atoms with Gasteiger partial charge >= 0.3 is 0 Å². The van der Waals surface area contributed by atoms with E-state index in [2.05, 4.69) is 24.3 Å². The number of hydrogen-bond donors (Lipinski definition) is 1. The summed E-state index contributed by atoms with van der Waals surface area (Å²) in [5.41, 5.74) is 0.153. The number of nitrogens with zero attached hydrogens (tertiary/aromatic N) is 3. The molecule has 0 bridgehead atoms. The molecule has 0 aromatic carbocycles. The number of furan rings is 1. The predicted molar refractivity (Wildman–Crippen MR) is 114 cm³/mol. The van der Waals surface area contributed by atoms with E-state index in [1.54, 1.807) is 28.0 Å². The maximum absolute atomic E-state index is 13.5. The van der Waals surface area contributed by atoms with Gasteiger partial charge in [0.1, 0.15) is 16.9 Å². The van der Waals surface area contributed by atoms with Gasteiger partial charge in [-0.05, 0) is 44.2 Å². The van der Waals surface area contributed by atoms with Gasteiger partial charge in [0, 0.05) is 18.7 Å². The Morgan fingerprint density at radius 2 is 2.10 bits per heavy atom. The molecule has 1 saturated carbocycles. The Labute approximate surface area is 177 Å². The number of hydrogen-bond acceptors (Lipinski definition) is 4. The van der Waals surface area contributed by atoms with Crippen LogP contribution >= 0.6 is 0 Å². The summed E-state index contributed by atoms with van der Waals surface area (Å²) in [7, 11) is 0. The van der Waals surface area contributed by atoms with Gasteiger partial charge in [-0.25, -0.2) is 0 Å². The second-order valence-electron chi connectivity index (χ2n) is 9.27. The van der Waals surface area contributed by atoms with Crippen molar-refractivity contribution in [3.63, 3.8) is 0 Å². The number of rotatable bonds is 6. The molecule has 1 atom stereocenters. The fourth-order valence-electron chi connectivity index (χ4n) is 4.51. The lowest BCUT2D eigenvalue weighted by atomic mass is 9.91. The molecule has 1 aliphatic heterocycles. The van der Waals surface area contributed by atoms with Crippen molar-refractivity contribution in [1.82, 2.24) is 20.0 Å². The SMILES string of the molecule is CC(C)CCN1C(=O)c2cc(-c3ccco3)nn2CC1(C)C(=O)NC1CCCCC1. The van der Waals surface area contributed by atoms with Gasteiger partial charge in [-0.1, -0.05) is 33.1 Å². The lowest BCUT2D eigenvalue weighted by Gasteiger charge is -2.44. The van der Waals surface area contributed by atoms with Gasteiger partial charge in [0.25, 0.3) is 5.91 Å². The normalized spacial score (nSPS) is 22.4. The molecule has 1 N–H and O–H groups in total. The number of aromatic nitrogens is 2. The highest BCUT2D eigenvalue weighted by Crippen LogP contribution is 2.31. The summed E-state index contributed by atoms with van der Waals surface area (Å²) < 4.78 is 7.13. The van der Waals surface area contributed by atoms with E-state index in [1.807, 2.05) is 13.0 Å². The largest absolute Gasteiger partial charge is 0.463 e. The van der Waals surface area contributed by atoms with Crippen LogP contribution in [0, 0.1) is 5.92 Å². The first kappa shape index (κ1) is 20.7. The molecular weight excluding hydrogens is 380 g/mol. The molecular formula is C23H32N4O3. The minimum atomic E-state index is -0.969. The van der Waals surface area contributed by atoms with Gasteiger partial charge in [-0.3, -0.25) is 14.3 Å². The summed E-state index contributed by atoms with van der Waals surface area (Å²) >= 11 is 0. The molecule has 162 valence electrons. The van der Waals surface area contributed by atoms with Crippen molar-refractivity contribution in [2.24, 2.45) is 5.92 Å². The predicted octanol–water partition coefficient (Wildman–Crippen LogP) is 3.85. The van der Waals surface area contributed by atoms with Crippen LogP contribution in [-0.2, 0) is 11.3 Å².